The Morgan fingerprint density at radius 3 is 2.28 bits per heavy atom. The largest absolute Gasteiger partial charge is 0.330 e. The molecule has 0 aromatic rings. The van der Waals surface area contributed by atoms with Gasteiger partial charge in [0.25, 0.3) is 0 Å². The average molecular weight is 273 g/mol. The fourth-order valence-corrected chi connectivity index (χ4v) is 4.46. The van der Waals surface area contributed by atoms with Gasteiger partial charge in [-0.1, -0.05) is 27.7 Å². The van der Waals surface area contributed by atoms with E-state index in [2.05, 4.69) is 44.4 Å². The third-order valence-corrected chi connectivity index (χ3v) is 5.25. The van der Waals surface area contributed by atoms with E-state index < -0.39 is 0 Å². The summed E-state index contributed by atoms with van der Waals surface area (Å²) in [5.41, 5.74) is 5.70. The van der Waals surface area contributed by atoms with E-state index in [1.165, 1.54) is 38.9 Å². The lowest BCUT2D eigenvalue weighted by Gasteiger charge is -2.35. The van der Waals surface area contributed by atoms with Crippen LogP contribution in [0.4, 0.5) is 0 Å². The normalized spacial score (nSPS) is 27.7. The third kappa shape index (κ3) is 5.94. The molecule has 0 aliphatic carbocycles. The summed E-state index contributed by atoms with van der Waals surface area (Å²) < 4.78 is 0. The lowest BCUT2D eigenvalue weighted by molar-refractivity contribution is 0.245. The first kappa shape index (κ1) is 16.3. The van der Waals surface area contributed by atoms with Crippen LogP contribution in [0, 0.1) is 11.8 Å². The van der Waals surface area contributed by atoms with Crippen molar-refractivity contribution in [2.75, 3.05) is 26.2 Å². The molecule has 0 aromatic carbocycles. The molecule has 1 fully saturated rings. The second-order valence-electron chi connectivity index (χ2n) is 6.24. The van der Waals surface area contributed by atoms with E-state index in [1.54, 1.807) is 0 Å². The highest BCUT2D eigenvalue weighted by atomic mass is 32.2. The standard InChI is InChI=1S/C15H32N2S/c1-12(2)15(7-8-16)6-5-9-17-10-13(3)18-14(4)11-17/h12-15H,5-11,16H2,1-4H3. The van der Waals surface area contributed by atoms with Crippen molar-refractivity contribution in [1.29, 1.82) is 0 Å². The van der Waals surface area contributed by atoms with Crippen molar-refractivity contribution in [3.63, 3.8) is 0 Å². The molecule has 18 heavy (non-hydrogen) atoms. The second kappa shape index (κ2) is 8.44. The predicted octanol–water partition coefficient (Wildman–Crippen LogP) is 3.21. The molecule has 1 aliphatic heterocycles. The summed E-state index contributed by atoms with van der Waals surface area (Å²) in [6.07, 6.45) is 3.88. The molecule has 0 radical (unpaired) electrons. The van der Waals surface area contributed by atoms with E-state index in [0.717, 1.165) is 28.9 Å². The number of hydrogen-bond donors (Lipinski definition) is 1. The summed E-state index contributed by atoms with van der Waals surface area (Å²) in [4.78, 5) is 2.66. The van der Waals surface area contributed by atoms with Crippen molar-refractivity contribution in [3.8, 4) is 0 Å². The van der Waals surface area contributed by atoms with Gasteiger partial charge in [0.2, 0.25) is 0 Å². The lowest BCUT2D eigenvalue weighted by Crippen LogP contribution is -2.40. The Morgan fingerprint density at radius 1 is 1.17 bits per heavy atom. The monoisotopic (exact) mass is 272 g/mol. The van der Waals surface area contributed by atoms with Crippen LogP contribution in [0.3, 0.4) is 0 Å². The van der Waals surface area contributed by atoms with Crippen LogP contribution in [-0.4, -0.2) is 41.6 Å². The number of hydrogen-bond acceptors (Lipinski definition) is 3. The molecule has 108 valence electrons. The van der Waals surface area contributed by atoms with Crippen LogP contribution in [0.15, 0.2) is 0 Å². The van der Waals surface area contributed by atoms with Crippen molar-refractivity contribution in [1.82, 2.24) is 4.90 Å². The average Bonchev–Trinajstić information content (AvgIpc) is 2.26. The molecule has 1 saturated heterocycles. The topological polar surface area (TPSA) is 29.3 Å². The van der Waals surface area contributed by atoms with E-state index in [1.807, 2.05) is 0 Å². The van der Waals surface area contributed by atoms with Gasteiger partial charge in [-0.3, -0.25) is 0 Å². The first-order valence-electron chi connectivity index (χ1n) is 7.60. The molecule has 2 N–H and O–H groups in total. The highest BCUT2D eigenvalue weighted by Gasteiger charge is 2.22. The maximum absolute atomic E-state index is 5.70. The van der Waals surface area contributed by atoms with Crippen LogP contribution in [-0.2, 0) is 0 Å². The highest BCUT2D eigenvalue weighted by molar-refractivity contribution is 8.00. The quantitative estimate of drug-likeness (QED) is 0.771. The minimum absolute atomic E-state index is 0.781. The summed E-state index contributed by atoms with van der Waals surface area (Å²) in [5.74, 6) is 1.60. The molecule has 0 saturated carbocycles. The zero-order valence-electron chi connectivity index (χ0n) is 12.7. The van der Waals surface area contributed by atoms with Gasteiger partial charge in [-0.25, -0.2) is 0 Å². The molecule has 0 amide bonds. The fourth-order valence-electron chi connectivity index (χ4n) is 3.07. The van der Waals surface area contributed by atoms with Crippen molar-refractivity contribution in [3.05, 3.63) is 0 Å². The van der Waals surface area contributed by atoms with Gasteiger partial charge in [0.15, 0.2) is 0 Å². The molecule has 2 nitrogen and oxygen atoms in total. The molecule has 0 bridgehead atoms. The fraction of sp³-hybridized carbons (Fsp3) is 1.00. The lowest BCUT2D eigenvalue weighted by atomic mass is 9.88. The second-order valence-corrected chi connectivity index (χ2v) is 8.12. The van der Waals surface area contributed by atoms with Crippen LogP contribution < -0.4 is 5.73 Å². The Morgan fingerprint density at radius 2 is 1.78 bits per heavy atom. The molecule has 0 aromatic heterocycles. The van der Waals surface area contributed by atoms with Crippen LogP contribution >= 0.6 is 11.8 Å². The maximum Gasteiger partial charge on any atom is 0.0149 e. The van der Waals surface area contributed by atoms with Gasteiger partial charge in [0, 0.05) is 23.6 Å². The van der Waals surface area contributed by atoms with Gasteiger partial charge in [-0.2, -0.15) is 11.8 Å². The van der Waals surface area contributed by atoms with Crippen LogP contribution in [0.2, 0.25) is 0 Å². The smallest absolute Gasteiger partial charge is 0.0149 e. The minimum atomic E-state index is 0.781. The van der Waals surface area contributed by atoms with E-state index in [-0.39, 0.29) is 0 Å². The van der Waals surface area contributed by atoms with Gasteiger partial charge >= 0.3 is 0 Å². The molecule has 3 unspecified atom stereocenters. The van der Waals surface area contributed by atoms with Gasteiger partial charge in [0.05, 0.1) is 0 Å². The Labute approximate surface area is 118 Å². The van der Waals surface area contributed by atoms with E-state index in [0.29, 0.717) is 0 Å². The molecule has 1 aliphatic rings. The predicted molar refractivity (Wildman–Crippen MR) is 84.2 cm³/mol. The zero-order chi connectivity index (χ0) is 13.5. The Bertz CT molecular complexity index is 211. The van der Waals surface area contributed by atoms with Crippen LogP contribution in [0.25, 0.3) is 0 Å². The summed E-state index contributed by atoms with van der Waals surface area (Å²) in [6.45, 7) is 14.1. The van der Waals surface area contributed by atoms with Gasteiger partial charge in [-0.05, 0) is 44.2 Å². The van der Waals surface area contributed by atoms with Gasteiger partial charge in [0.1, 0.15) is 0 Å². The molecule has 3 atom stereocenters. The van der Waals surface area contributed by atoms with Crippen molar-refractivity contribution in [2.45, 2.75) is 57.5 Å². The molecule has 1 rings (SSSR count). The summed E-state index contributed by atoms with van der Waals surface area (Å²) >= 11 is 2.14. The van der Waals surface area contributed by atoms with Gasteiger partial charge in [-0.15, -0.1) is 0 Å². The van der Waals surface area contributed by atoms with E-state index >= 15 is 0 Å². The zero-order valence-corrected chi connectivity index (χ0v) is 13.5. The van der Waals surface area contributed by atoms with Crippen LogP contribution in [0.5, 0.6) is 0 Å². The van der Waals surface area contributed by atoms with Crippen LogP contribution in [0.1, 0.15) is 47.0 Å². The molecule has 1 heterocycles. The SMILES string of the molecule is CC1CN(CCCC(CCN)C(C)C)CC(C)S1. The van der Waals surface area contributed by atoms with Crippen molar-refractivity contribution in [2.24, 2.45) is 17.6 Å². The first-order chi connectivity index (χ1) is 8.52. The number of nitrogens with two attached hydrogens (primary N) is 1. The summed E-state index contributed by atoms with van der Waals surface area (Å²) in [5, 5.41) is 1.61. The Hall–Kier alpha value is 0.270. The number of nitrogens with zero attached hydrogens (tertiary/aromatic N) is 1. The highest BCUT2D eigenvalue weighted by Crippen LogP contribution is 2.26. The van der Waals surface area contributed by atoms with Gasteiger partial charge < -0.3 is 10.6 Å². The molecular formula is C15H32N2S. The van der Waals surface area contributed by atoms with E-state index in [4.69, 9.17) is 5.73 Å². The first-order valence-corrected chi connectivity index (χ1v) is 8.55. The minimum Gasteiger partial charge on any atom is -0.330 e. The molecule has 3 heteroatoms. The Kier molecular flexibility index (Phi) is 7.66. The van der Waals surface area contributed by atoms with E-state index in [9.17, 15) is 0 Å². The third-order valence-electron chi connectivity index (χ3n) is 4.02. The Balaban J connectivity index is 2.23. The van der Waals surface area contributed by atoms with Crippen molar-refractivity contribution < 1.29 is 0 Å². The summed E-state index contributed by atoms with van der Waals surface area (Å²) in [7, 11) is 0. The molecule has 0 spiro atoms. The number of rotatable bonds is 7. The summed E-state index contributed by atoms with van der Waals surface area (Å²) in [6, 6.07) is 0. The van der Waals surface area contributed by atoms with Crippen molar-refractivity contribution >= 4 is 11.8 Å². The number of thioether (sulfide) groups is 1. The molecular weight excluding hydrogens is 240 g/mol. The maximum atomic E-state index is 5.70.